The van der Waals surface area contributed by atoms with Gasteiger partial charge in [-0.15, -0.1) is 0 Å². The van der Waals surface area contributed by atoms with Crippen molar-refractivity contribution in [1.29, 1.82) is 0 Å². The lowest BCUT2D eigenvalue weighted by atomic mass is 10.0. The van der Waals surface area contributed by atoms with Crippen molar-refractivity contribution in [3.63, 3.8) is 0 Å². The van der Waals surface area contributed by atoms with Crippen LogP contribution in [0.3, 0.4) is 0 Å². The van der Waals surface area contributed by atoms with Gasteiger partial charge < -0.3 is 19.8 Å². The molecule has 79 heavy (non-hydrogen) atoms. The molecule has 0 heterocycles. The number of hydrogen-bond acceptors (Lipinski definition) is 5. The Morgan fingerprint density at radius 1 is 0.443 bits per heavy atom. The average Bonchev–Trinajstić information content (AvgIpc) is 3.42. The lowest BCUT2D eigenvalue weighted by Gasteiger charge is -2.25. The molecule has 3 N–H and O–H groups in total. The van der Waals surface area contributed by atoms with Gasteiger partial charge in [-0.3, -0.25) is 13.8 Å². The van der Waals surface area contributed by atoms with Crippen LogP contribution in [0.25, 0.3) is 0 Å². The van der Waals surface area contributed by atoms with Crippen molar-refractivity contribution in [2.75, 3.05) is 40.9 Å². The van der Waals surface area contributed by atoms with Crippen LogP contribution in [0.1, 0.15) is 277 Å². The van der Waals surface area contributed by atoms with Crippen LogP contribution in [-0.2, 0) is 18.4 Å². The van der Waals surface area contributed by atoms with Crippen molar-refractivity contribution in [1.82, 2.24) is 5.32 Å². The van der Waals surface area contributed by atoms with Gasteiger partial charge in [-0.25, -0.2) is 4.57 Å². The van der Waals surface area contributed by atoms with Gasteiger partial charge in [0.05, 0.1) is 39.9 Å². The quantitative estimate of drug-likeness (QED) is 0.0243. The Balaban J connectivity index is 3.97. The second-order valence-electron chi connectivity index (χ2n) is 23.1. The largest absolute Gasteiger partial charge is 0.472 e. The lowest BCUT2D eigenvalue weighted by Crippen LogP contribution is -2.45. The van der Waals surface area contributed by atoms with Gasteiger partial charge in [0.25, 0.3) is 0 Å². The van der Waals surface area contributed by atoms with E-state index in [1.807, 2.05) is 27.2 Å². The number of aliphatic hydroxyl groups excluding tert-OH is 1. The Hall–Kier alpha value is -2.84. The fourth-order valence-electron chi connectivity index (χ4n) is 9.14. The molecule has 0 bridgehead atoms. The zero-order valence-corrected chi connectivity index (χ0v) is 53.0. The van der Waals surface area contributed by atoms with Crippen molar-refractivity contribution in [3.05, 3.63) is 109 Å². The number of phosphoric acid groups is 1. The molecule has 8 nitrogen and oxygen atoms in total. The van der Waals surface area contributed by atoms with E-state index in [0.29, 0.717) is 17.4 Å². The highest BCUT2D eigenvalue weighted by molar-refractivity contribution is 7.47. The van der Waals surface area contributed by atoms with Gasteiger partial charge in [-0.05, 0) is 96.3 Å². The van der Waals surface area contributed by atoms with E-state index >= 15 is 0 Å². The van der Waals surface area contributed by atoms with Crippen LogP contribution in [0, 0.1) is 0 Å². The molecule has 9 heteroatoms. The number of allylic oxidation sites excluding steroid dienone is 17. The van der Waals surface area contributed by atoms with Crippen molar-refractivity contribution in [3.8, 4) is 0 Å². The zero-order chi connectivity index (χ0) is 57.7. The van der Waals surface area contributed by atoms with Crippen LogP contribution in [0.15, 0.2) is 109 Å². The van der Waals surface area contributed by atoms with E-state index in [0.717, 1.165) is 83.5 Å². The first-order valence-corrected chi connectivity index (χ1v) is 34.3. The highest BCUT2D eigenvalue weighted by atomic mass is 31.2. The van der Waals surface area contributed by atoms with E-state index in [9.17, 15) is 19.4 Å². The second-order valence-corrected chi connectivity index (χ2v) is 24.5. The third-order valence-corrected chi connectivity index (χ3v) is 15.2. The fraction of sp³-hybridized carbons (Fsp3) is 0.729. The molecule has 0 saturated carbocycles. The van der Waals surface area contributed by atoms with E-state index in [1.54, 1.807) is 6.08 Å². The van der Waals surface area contributed by atoms with E-state index in [1.165, 1.54) is 173 Å². The average molecular weight is 1120 g/mol. The molecule has 0 aliphatic carbocycles. The van der Waals surface area contributed by atoms with Gasteiger partial charge in [0.15, 0.2) is 0 Å². The van der Waals surface area contributed by atoms with Crippen LogP contribution < -0.4 is 5.32 Å². The molecular formula is C70H126N2O6P+. The summed E-state index contributed by atoms with van der Waals surface area (Å²) in [6, 6.07) is -0.873. The summed E-state index contributed by atoms with van der Waals surface area (Å²) in [7, 11) is 1.55. The number of quaternary nitrogens is 1. The van der Waals surface area contributed by atoms with Crippen LogP contribution in [0.5, 0.6) is 0 Å². The maximum Gasteiger partial charge on any atom is 0.472 e. The van der Waals surface area contributed by atoms with Gasteiger partial charge in [0.2, 0.25) is 5.91 Å². The highest BCUT2D eigenvalue weighted by Gasteiger charge is 2.27. The smallest absolute Gasteiger partial charge is 0.387 e. The standard InChI is InChI=1S/C70H125N2O6P/c1-6-8-10-12-14-16-18-20-22-24-25-26-27-28-29-30-31-32-33-34-35-36-37-38-39-40-41-42-43-44-45-46-47-48-50-52-54-56-58-60-62-64-70(74)71-68(67-78-79(75,76)77-66-65-72(3,4)5)69(73)63-61-59-57-55-53-51-49-23-21-19-17-15-13-11-9-7-2/h8,10,14,16,20-23,25-26,28-29,31-32,53,55,61,63,68-69,73H,6-7,9,11-13,15,17-19,24,27,30,33-52,54,56-60,62,64-67H2,1-5H3,(H-,71,74,75,76)/p+1/b10-8-,16-14-,22-20-,23-21+,26-25-,29-28-,32-31-,55-53+,63-61+. The van der Waals surface area contributed by atoms with Gasteiger partial charge in [-0.2, -0.15) is 0 Å². The SMILES string of the molecule is CC/C=C\C/C=C\C/C=C\C/C=C\C/C=C\C/C=C\CCCCCCCCCCCCCCCCCCCCCCCCC(=O)NC(COP(=O)(O)OCC[N+](C)(C)C)C(O)/C=C/CC/C=C/CC/C=C/CCCCCCCC. The lowest BCUT2D eigenvalue weighted by molar-refractivity contribution is -0.870. The number of nitrogens with one attached hydrogen (secondary N) is 1. The normalized spacial score (nSPS) is 14.5. The van der Waals surface area contributed by atoms with Crippen LogP contribution in [-0.4, -0.2) is 73.4 Å². The number of nitrogens with zero attached hydrogens (tertiary/aromatic N) is 1. The minimum Gasteiger partial charge on any atom is -0.387 e. The third kappa shape index (κ3) is 62.6. The predicted octanol–water partition coefficient (Wildman–Crippen LogP) is 20.7. The molecule has 3 atom stereocenters. The number of amides is 1. The van der Waals surface area contributed by atoms with E-state index in [2.05, 4.69) is 116 Å². The summed E-state index contributed by atoms with van der Waals surface area (Å²) in [6.07, 6.45) is 88.1. The molecule has 3 unspecified atom stereocenters. The summed E-state index contributed by atoms with van der Waals surface area (Å²) < 4.78 is 23.7. The Morgan fingerprint density at radius 3 is 1.16 bits per heavy atom. The summed E-state index contributed by atoms with van der Waals surface area (Å²) in [5, 5.41) is 13.9. The zero-order valence-electron chi connectivity index (χ0n) is 52.1. The molecule has 0 radical (unpaired) electrons. The maximum absolute atomic E-state index is 13.0. The number of carbonyl (C=O) groups excluding carboxylic acids is 1. The molecule has 0 aromatic rings. The highest BCUT2D eigenvalue weighted by Crippen LogP contribution is 2.43. The number of unbranched alkanes of at least 4 members (excludes halogenated alkanes) is 30. The number of phosphoric ester groups is 1. The molecule has 1 amide bonds. The number of likely N-dealkylation sites (N-methyl/N-ethyl adjacent to an activating group) is 1. The third-order valence-electron chi connectivity index (χ3n) is 14.2. The monoisotopic (exact) mass is 1120 g/mol. The minimum atomic E-state index is -4.36. The summed E-state index contributed by atoms with van der Waals surface area (Å²) >= 11 is 0. The number of hydrogen-bond donors (Lipinski definition) is 3. The minimum absolute atomic E-state index is 0.0514. The molecule has 0 aromatic heterocycles. The molecule has 0 fully saturated rings. The van der Waals surface area contributed by atoms with Gasteiger partial charge in [0.1, 0.15) is 13.2 Å². The number of aliphatic hydroxyl groups is 1. The van der Waals surface area contributed by atoms with Crippen molar-refractivity contribution >= 4 is 13.7 Å². The fourth-order valence-corrected chi connectivity index (χ4v) is 9.87. The van der Waals surface area contributed by atoms with Crippen LogP contribution >= 0.6 is 7.82 Å². The first kappa shape index (κ1) is 76.2. The van der Waals surface area contributed by atoms with Crippen molar-refractivity contribution in [2.24, 2.45) is 0 Å². The Bertz CT molecular complexity index is 1650. The van der Waals surface area contributed by atoms with Gasteiger partial charge in [-0.1, -0.05) is 284 Å². The summed E-state index contributed by atoms with van der Waals surface area (Å²) in [6.45, 7) is 4.67. The summed E-state index contributed by atoms with van der Waals surface area (Å²) in [5.74, 6) is -0.190. The van der Waals surface area contributed by atoms with E-state index < -0.39 is 20.0 Å². The van der Waals surface area contributed by atoms with Crippen LogP contribution in [0.4, 0.5) is 0 Å². The van der Waals surface area contributed by atoms with Gasteiger partial charge in [0, 0.05) is 6.42 Å². The molecule has 0 spiro atoms. The second kappa shape index (κ2) is 59.8. The number of rotatable bonds is 59. The molecular weight excluding hydrogens is 996 g/mol. The molecule has 0 saturated heterocycles. The van der Waals surface area contributed by atoms with Crippen molar-refractivity contribution < 1.29 is 32.9 Å². The number of carbonyl (C=O) groups is 1. The predicted molar refractivity (Wildman–Crippen MR) is 345 cm³/mol. The Morgan fingerprint density at radius 2 is 0.772 bits per heavy atom. The summed E-state index contributed by atoms with van der Waals surface area (Å²) in [5.41, 5.74) is 0. The maximum atomic E-state index is 13.0. The van der Waals surface area contributed by atoms with Crippen LogP contribution in [0.2, 0.25) is 0 Å². The molecule has 0 aliphatic heterocycles. The topological polar surface area (TPSA) is 105 Å². The molecule has 456 valence electrons. The Kier molecular flexibility index (Phi) is 57.6. The molecule has 0 aliphatic rings. The Labute approximate surface area is 489 Å². The molecule has 0 aromatic carbocycles. The van der Waals surface area contributed by atoms with Crippen molar-refractivity contribution in [2.45, 2.75) is 289 Å². The molecule has 0 rings (SSSR count). The van der Waals surface area contributed by atoms with E-state index in [4.69, 9.17) is 9.05 Å². The van der Waals surface area contributed by atoms with E-state index in [-0.39, 0.29) is 19.1 Å². The first-order chi connectivity index (χ1) is 38.5. The summed E-state index contributed by atoms with van der Waals surface area (Å²) in [4.78, 5) is 23.3. The van der Waals surface area contributed by atoms with Gasteiger partial charge >= 0.3 is 7.82 Å². The first-order valence-electron chi connectivity index (χ1n) is 32.8.